The summed E-state index contributed by atoms with van der Waals surface area (Å²) in [7, 11) is 1.80. The highest BCUT2D eigenvalue weighted by atomic mass is 32.1. The van der Waals surface area contributed by atoms with Gasteiger partial charge in [0.1, 0.15) is 28.0 Å². The van der Waals surface area contributed by atoms with Crippen LogP contribution in [0.25, 0.3) is 32.4 Å². The van der Waals surface area contributed by atoms with E-state index in [4.69, 9.17) is 21.9 Å². The highest BCUT2D eigenvalue weighted by Gasteiger charge is 2.25. The molecular weight excluding hydrogens is 366 g/mol. The van der Waals surface area contributed by atoms with Gasteiger partial charge in [0.15, 0.2) is 0 Å². The number of anilines is 2. The van der Waals surface area contributed by atoms with Gasteiger partial charge in [-0.25, -0.2) is 9.78 Å². The topological polar surface area (TPSA) is 159 Å². The summed E-state index contributed by atoms with van der Waals surface area (Å²) in [4.78, 5) is 15.8. The van der Waals surface area contributed by atoms with Crippen molar-refractivity contribution in [2.45, 2.75) is 0 Å². The van der Waals surface area contributed by atoms with Gasteiger partial charge in [-0.15, -0.1) is 0 Å². The van der Waals surface area contributed by atoms with Crippen LogP contribution < -0.4 is 21.9 Å². The molecular formula is C17H13N7O2S. The van der Waals surface area contributed by atoms with Crippen LogP contribution in [0.5, 0.6) is 5.06 Å². The molecule has 9 nitrogen and oxygen atoms in total. The van der Waals surface area contributed by atoms with Crippen molar-refractivity contribution in [3.8, 4) is 22.4 Å². The average Bonchev–Trinajstić information content (AvgIpc) is 3.11. The molecule has 0 aliphatic carbocycles. The van der Waals surface area contributed by atoms with Crippen molar-refractivity contribution in [2.75, 3.05) is 11.5 Å². The van der Waals surface area contributed by atoms with E-state index in [2.05, 4.69) is 16.2 Å². The van der Waals surface area contributed by atoms with Crippen molar-refractivity contribution in [3.63, 3.8) is 0 Å². The lowest BCUT2D eigenvalue weighted by Gasteiger charge is -2.07. The molecule has 4 aromatic rings. The molecule has 1 amide bonds. The lowest BCUT2D eigenvalue weighted by atomic mass is 10.00. The Kier molecular flexibility index (Phi) is 3.60. The molecule has 134 valence electrons. The summed E-state index contributed by atoms with van der Waals surface area (Å²) in [6.45, 7) is 0. The molecule has 1 aromatic carbocycles. The maximum Gasteiger partial charge on any atom is 0.410 e. The first-order valence-electron chi connectivity index (χ1n) is 7.73. The quantitative estimate of drug-likeness (QED) is 0.482. The minimum Gasteiger partial charge on any atom is -0.397 e. The van der Waals surface area contributed by atoms with E-state index in [1.54, 1.807) is 11.7 Å². The molecule has 3 aromatic heterocycles. The van der Waals surface area contributed by atoms with E-state index in [0.717, 1.165) is 22.2 Å². The average molecular weight is 379 g/mol. The van der Waals surface area contributed by atoms with E-state index in [1.807, 2.05) is 24.3 Å². The molecule has 0 saturated carbocycles. The van der Waals surface area contributed by atoms with Crippen LogP contribution >= 0.6 is 11.3 Å². The molecule has 0 saturated heterocycles. The Hall–Kier alpha value is -3.84. The predicted molar refractivity (Wildman–Crippen MR) is 103 cm³/mol. The van der Waals surface area contributed by atoms with E-state index in [1.165, 1.54) is 0 Å². The molecule has 0 bridgehead atoms. The molecule has 10 heteroatoms. The van der Waals surface area contributed by atoms with E-state index >= 15 is 0 Å². The summed E-state index contributed by atoms with van der Waals surface area (Å²) in [5, 5.41) is 15.6. The molecule has 3 heterocycles. The highest BCUT2D eigenvalue weighted by Crippen LogP contribution is 2.47. The number of aryl methyl sites for hydroxylation is 1. The van der Waals surface area contributed by atoms with Crippen molar-refractivity contribution in [1.29, 1.82) is 5.26 Å². The first kappa shape index (κ1) is 16.6. The van der Waals surface area contributed by atoms with Gasteiger partial charge in [0.25, 0.3) is 0 Å². The number of thiophene rings is 1. The lowest BCUT2D eigenvalue weighted by molar-refractivity contribution is 0.212. The van der Waals surface area contributed by atoms with E-state index in [-0.39, 0.29) is 22.1 Å². The van der Waals surface area contributed by atoms with Crippen LogP contribution in [0.3, 0.4) is 0 Å². The number of pyridine rings is 1. The number of primary amides is 1. The fourth-order valence-electron chi connectivity index (χ4n) is 3.07. The fourth-order valence-corrected chi connectivity index (χ4v) is 4.03. The minimum atomic E-state index is -0.994. The Balaban J connectivity index is 2.17. The van der Waals surface area contributed by atoms with Crippen molar-refractivity contribution in [2.24, 2.45) is 12.8 Å². The highest BCUT2D eigenvalue weighted by molar-refractivity contribution is 7.21. The third-order valence-corrected chi connectivity index (χ3v) is 5.15. The molecule has 0 atom stereocenters. The zero-order valence-electron chi connectivity index (χ0n) is 14.1. The van der Waals surface area contributed by atoms with Gasteiger partial charge < -0.3 is 21.9 Å². The Bertz CT molecular complexity index is 1280. The number of ether oxygens (including phenoxy) is 1. The molecule has 6 N–H and O–H groups in total. The molecule has 0 radical (unpaired) electrons. The number of nitrogens with zero attached hydrogens (tertiary/aromatic N) is 4. The second-order valence-electron chi connectivity index (χ2n) is 5.75. The van der Waals surface area contributed by atoms with Gasteiger partial charge in [-0.3, -0.25) is 4.68 Å². The molecule has 0 fully saturated rings. The Labute approximate surface area is 156 Å². The number of hydrogen-bond acceptors (Lipinski definition) is 8. The molecule has 0 aliphatic heterocycles. The van der Waals surface area contributed by atoms with E-state index < -0.39 is 6.09 Å². The van der Waals surface area contributed by atoms with Crippen molar-refractivity contribution in [3.05, 3.63) is 29.8 Å². The number of carbonyl (C=O) groups excluding carboxylic acids is 1. The van der Waals surface area contributed by atoms with Crippen molar-refractivity contribution < 1.29 is 9.53 Å². The normalized spacial score (nSPS) is 11.0. The third-order valence-electron chi connectivity index (χ3n) is 4.17. The van der Waals surface area contributed by atoms with Crippen LogP contribution in [0.2, 0.25) is 0 Å². The van der Waals surface area contributed by atoms with Gasteiger partial charge in [-0.05, 0) is 6.07 Å². The molecule has 0 unspecified atom stereocenters. The number of carbonyl (C=O) groups is 1. The molecule has 0 spiro atoms. The monoisotopic (exact) mass is 379 g/mol. The van der Waals surface area contributed by atoms with Gasteiger partial charge in [0, 0.05) is 23.4 Å². The summed E-state index contributed by atoms with van der Waals surface area (Å²) in [5.74, 6) is 0.0432. The Morgan fingerprint density at radius 1 is 1.33 bits per heavy atom. The summed E-state index contributed by atoms with van der Waals surface area (Å²) >= 11 is 1.02. The van der Waals surface area contributed by atoms with Crippen LogP contribution in [0.1, 0.15) is 5.56 Å². The lowest BCUT2D eigenvalue weighted by Crippen LogP contribution is -2.16. The van der Waals surface area contributed by atoms with Crippen LogP contribution in [-0.2, 0) is 7.05 Å². The maximum absolute atomic E-state index is 11.2. The predicted octanol–water partition coefficient (Wildman–Crippen LogP) is 2.34. The second-order valence-corrected chi connectivity index (χ2v) is 6.71. The largest absolute Gasteiger partial charge is 0.410 e. The van der Waals surface area contributed by atoms with Gasteiger partial charge in [0.2, 0.25) is 5.06 Å². The second kappa shape index (κ2) is 5.86. The smallest absolute Gasteiger partial charge is 0.397 e. The SMILES string of the molecule is Cn1nc(-c2c(C#N)c(N)nc3sc(OC(N)=O)c(N)c23)c2ccccc21. The first-order valence-corrected chi connectivity index (χ1v) is 8.55. The Morgan fingerprint density at radius 2 is 2.07 bits per heavy atom. The minimum absolute atomic E-state index is 0.0432. The summed E-state index contributed by atoms with van der Waals surface area (Å²) < 4.78 is 6.68. The number of benzene rings is 1. The molecule has 0 aliphatic rings. The van der Waals surface area contributed by atoms with E-state index in [0.29, 0.717) is 21.5 Å². The number of nitrogen functional groups attached to an aromatic ring is 2. The number of fused-ring (bicyclic) bond motifs is 2. The third kappa shape index (κ3) is 2.41. The number of rotatable bonds is 2. The van der Waals surface area contributed by atoms with Crippen LogP contribution in [0.4, 0.5) is 16.3 Å². The van der Waals surface area contributed by atoms with Crippen molar-refractivity contribution >= 4 is 50.1 Å². The summed E-state index contributed by atoms with van der Waals surface area (Å²) in [5.41, 5.74) is 19.5. The van der Waals surface area contributed by atoms with Gasteiger partial charge in [0.05, 0.1) is 11.2 Å². The van der Waals surface area contributed by atoms with Gasteiger partial charge >= 0.3 is 6.09 Å². The van der Waals surface area contributed by atoms with Crippen molar-refractivity contribution in [1.82, 2.24) is 14.8 Å². The van der Waals surface area contributed by atoms with Gasteiger partial charge in [-0.2, -0.15) is 10.4 Å². The maximum atomic E-state index is 11.2. The first-order chi connectivity index (χ1) is 12.9. The number of amides is 1. The summed E-state index contributed by atoms with van der Waals surface area (Å²) in [6.07, 6.45) is -0.994. The standard InChI is InChI=1S/C17H13N7O2S/c1-24-9-5-3-2-4-7(9)13(23-24)10-8(6-18)14(20)22-15-11(10)12(19)16(27-15)26-17(21)25/h2-5H,19H2,1H3,(H2,20,22)(H2,21,25). The zero-order chi connectivity index (χ0) is 19.3. The number of nitriles is 1. The van der Waals surface area contributed by atoms with Crippen LogP contribution in [-0.4, -0.2) is 20.9 Å². The van der Waals surface area contributed by atoms with Gasteiger partial charge in [-0.1, -0.05) is 29.5 Å². The number of aromatic nitrogens is 3. The molecule has 4 rings (SSSR count). The Morgan fingerprint density at radius 3 is 2.78 bits per heavy atom. The summed E-state index contributed by atoms with van der Waals surface area (Å²) in [6, 6.07) is 9.66. The van der Waals surface area contributed by atoms with Crippen LogP contribution in [0.15, 0.2) is 24.3 Å². The number of nitrogens with two attached hydrogens (primary N) is 3. The van der Waals surface area contributed by atoms with Crippen LogP contribution in [0, 0.1) is 11.3 Å². The van der Waals surface area contributed by atoms with E-state index in [9.17, 15) is 10.1 Å². The number of hydrogen-bond donors (Lipinski definition) is 3. The zero-order valence-corrected chi connectivity index (χ0v) is 14.9. The molecule has 27 heavy (non-hydrogen) atoms. The number of para-hydroxylation sites is 1. The fraction of sp³-hybridized carbons (Fsp3) is 0.0588.